The number of aromatic amines is 1. The van der Waals surface area contributed by atoms with Crippen LogP contribution in [0.15, 0.2) is 18.2 Å². The second kappa shape index (κ2) is 3.55. The van der Waals surface area contributed by atoms with Crippen LogP contribution in [0.4, 0.5) is 10.2 Å². The van der Waals surface area contributed by atoms with E-state index in [1.807, 2.05) is 0 Å². The molecule has 80 valence electrons. The summed E-state index contributed by atoms with van der Waals surface area (Å²) in [6.07, 6.45) is 0. The molecule has 1 heterocycles. The zero-order valence-electron chi connectivity index (χ0n) is 8.03. The highest BCUT2D eigenvalue weighted by atomic mass is 19.1. The molecule has 6 heteroatoms. The maximum absolute atomic E-state index is 13.3. The summed E-state index contributed by atoms with van der Waals surface area (Å²) in [7, 11) is 0. The molecule has 0 saturated carbocycles. The number of hydrogen-bond acceptors (Lipinski definition) is 4. The predicted octanol–water partition coefficient (Wildman–Crippen LogP) is 1.38. The van der Waals surface area contributed by atoms with Crippen molar-refractivity contribution in [1.82, 2.24) is 10.2 Å². The summed E-state index contributed by atoms with van der Waals surface area (Å²) in [4.78, 5) is 0. The topological polar surface area (TPSA) is 98.7 Å². The summed E-state index contributed by atoms with van der Waals surface area (Å²) in [6, 6.07) is 5.66. The van der Waals surface area contributed by atoms with Gasteiger partial charge in [0.05, 0.1) is 11.3 Å². The van der Waals surface area contributed by atoms with Gasteiger partial charge in [-0.05, 0) is 12.1 Å². The Labute approximate surface area is 89.9 Å². The van der Waals surface area contributed by atoms with Gasteiger partial charge in [-0.15, -0.1) is 0 Å². The first-order valence-corrected chi connectivity index (χ1v) is 4.35. The van der Waals surface area contributed by atoms with Gasteiger partial charge in [-0.1, -0.05) is 0 Å². The number of phenols is 1. The molecule has 0 bridgehead atoms. The number of nitrogens with one attached hydrogen (secondary N) is 1. The SMILES string of the molecule is N#Cc1cc(-c2cc(N)n[nH]2)cc(F)c1O. The van der Waals surface area contributed by atoms with Gasteiger partial charge in [0, 0.05) is 11.6 Å². The zero-order chi connectivity index (χ0) is 11.7. The van der Waals surface area contributed by atoms with Gasteiger partial charge >= 0.3 is 0 Å². The molecule has 4 N–H and O–H groups in total. The molecule has 0 atom stereocenters. The lowest BCUT2D eigenvalue weighted by Gasteiger charge is -2.01. The summed E-state index contributed by atoms with van der Waals surface area (Å²) >= 11 is 0. The highest BCUT2D eigenvalue weighted by Gasteiger charge is 2.11. The average Bonchev–Trinajstić information content (AvgIpc) is 2.69. The molecule has 0 aliphatic heterocycles. The lowest BCUT2D eigenvalue weighted by molar-refractivity contribution is 0.431. The second-order valence-corrected chi connectivity index (χ2v) is 3.17. The molecular weight excluding hydrogens is 211 g/mol. The number of nitrogens with two attached hydrogens (primary N) is 1. The summed E-state index contributed by atoms with van der Waals surface area (Å²) in [5.41, 5.74) is 6.15. The van der Waals surface area contributed by atoms with E-state index in [9.17, 15) is 9.50 Å². The summed E-state index contributed by atoms with van der Waals surface area (Å²) in [6.45, 7) is 0. The Morgan fingerprint density at radius 1 is 1.44 bits per heavy atom. The third-order valence-corrected chi connectivity index (χ3v) is 2.09. The average molecular weight is 218 g/mol. The lowest BCUT2D eigenvalue weighted by atomic mass is 10.1. The van der Waals surface area contributed by atoms with Gasteiger partial charge in [0.25, 0.3) is 0 Å². The van der Waals surface area contributed by atoms with E-state index in [0.717, 1.165) is 6.07 Å². The Hall–Kier alpha value is -2.55. The molecule has 2 aromatic rings. The van der Waals surface area contributed by atoms with Crippen molar-refractivity contribution in [3.8, 4) is 23.1 Å². The first kappa shape index (κ1) is 9.98. The van der Waals surface area contributed by atoms with Crippen LogP contribution >= 0.6 is 0 Å². The van der Waals surface area contributed by atoms with Gasteiger partial charge in [-0.25, -0.2) is 4.39 Å². The fourth-order valence-electron chi connectivity index (χ4n) is 1.32. The van der Waals surface area contributed by atoms with Gasteiger partial charge in [0.2, 0.25) is 0 Å². The highest BCUT2D eigenvalue weighted by Crippen LogP contribution is 2.28. The van der Waals surface area contributed by atoms with Crippen molar-refractivity contribution < 1.29 is 9.50 Å². The maximum Gasteiger partial charge on any atom is 0.169 e. The van der Waals surface area contributed by atoms with Crippen LogP contribution in [0.3, 0.4) is 0 Å². The van der Waals surface area contributed by atoms with Gasteiger partial charge in [-0.2, -0.15) is 10.4 Å². The number of phenolic OH excluding ortho intramolecular Hbond substituents is 1. The Morgan fingerprint density at radius 2 is 2.19 bits per heavy atom. The molecule has 0 saturated heterocycles. The number of halogens is 1. The fraction of sp³-hybridized carbons (Fsp3) is 0. The van der Waals surface area contributed by atoms with Crippen molar-refractivity contribution in [1.29, 1.82) is 5.26 Å². The number of nitrogens with zero attached hydrogens (tertiary/aromatic N) is 2. The van der Waals surface area contributed by atoms with Crippen molar-refractivity contribution in [3.63, 3.8) is 0 Å². The van der Waals surface area contributed by atoms with E-state index in [0.29, 0.717) is 11.3 Å². The predicted molar refractivity (Wildman–Crippen MR) is 54.8 cm³/mol. The van der Waals surface area contributed by atoms with E-state index < -0.39 is 11.6 Å². The standard InChI is InChI=1S/C10H7FN4O/c11-7-2-5(1-6(4-12)10(7)16)8-3-9(13)15-14-8/h1-3,16H,(H3,13,14,15). The monoisotopic (exact) mass is 218 g/mol. The molecule has 2 rings (SSSR count). The quantitative estimate of drug-likeness (QED) is 0.673. The van der Waals surface area contributed by atoms with Crippen LogP contribution in [-0.2, 0) is 0 Å². The van der Waals surface area contributed by atoms with Crippen molar-refractivity contribution in [3.05, 3.63) is 29.6 Å². The van der Waals surface area contributed by atoms with Crippen molar-refractivity contribution in [2.75, 3.05) is 5.73 Å². The molecule has 1 aromatic heterocycles. The van der Waals surface area contributed by atoms with E-state index in [1.165, 1.54) is 12.1 Å². The first-order chi connectivity index (χ1) is 7.61. The van der Waals surface area contributed by atoms with Crippen LogP contribution in [-0.4, -0.2) is 15.3 Å². The van der Waals surface area contributed by atoms with Gasteiger partial charge in [0.1, 0.15) is 11.9 Å². The van der Waals surface area contributed by atoms with Crippen molar-refractivity contribution in [2.24, 2.45) is 0 Å². The van der Waals surface area contributed by atoms with E-state index in [4.69, 9.17) is 11.0 Å². The Balaban J connectivity index is 2.60. The third kappa shape index (κ3) is 1.54. The Morgan fingerprint density at radius 3 is 2.75 bits per heavy atom. The molecule has 0 fully saturated rings. The molecular formula is C10H7FN4O. The number of aromatic nitrogens is 2. The van der Waals surface area contributed by atoms with Gasteiger partial charge < -0.3 is 10.8 Å². The number of H-pyrrole nitrogens is 1. The lowest BCUT2D eigenvalue weighted by Crippen LogP contribution is -1.86. The molecule has 0 radical (unpaired) electrons. The first-order valence-electron chi connectivity index (χ1n) is 4.35. The molecule has 0 amide bonds. The minimum absolute atomic E-state index is 0.136. The molecule has 16 heavy (non-hydrogen) atoms. The maximum atomic E-state index is 13.3. The second-order valence-electron chi connectivity index (χ2n) is 3.17. The van der Waals surface area contributed by atoms with Crippen molar-refractivity contribution >= 4 is 5.82 Å². The molecule has 1 aromatic carbocycles. The molecule has 0 aliphatic rings. The van der Waals surface area contributed by atoms with Crippen LogP contribution in [0.5, 0.6) is 5.75 Å². The minimum atomic E-state index is -0.859. The summed E-state index contributed by atoms with van der Waals surface area (Å²) in [5.74, 6) is -1.25. The van der Waals surface area contributed by atoms with Crippen molar-refractivity contribution in [2.45, 2.75) is 0 Å². The number of benzene rings is 1. The van der Waals surface area contributed by atoms with E-state index in [1.54, 1.807) is 6.07 Å². The molecule has 0 aliphatic carbocycles. The van der Waals surface area contributed by atoms with Crippen LogP contribution < -0.4 is 5.73 Å². The Kier molecular flexibility index (Phi) is 2.21. The molecule has 0 spiro atoms. The number of nitrogen functional groups attached to an aromatic ring is 1. The highest BCUT2D eigenvalue weighted by molar-refractivity contribution is 5.66. The van der Waals surface area contributed by atoms with Crippen LogP contribution in [0.25, 0.3) is 11.3 Å². The molecule has 5 nitrogen and oxygen atoms in total. The summed E-state index contributed by atoms with van der Waals surface area (Å²) in [5, 5.41) is 24.2. The molecule has 0 unspecified atom stereocenters. The van der Waals surface area contributed by atoms with E-state index >= 15 is 0 Å². The third-order valence-electron chi connectivity index (χ3n) is 2.09. The van der Waals surface area contributed by atoms with Gasteiger partial charge in [0.15, 0.2) is 11.6 Å². The number of aromatic hydroxyl groups is 1. The van der Waals surface area contributed by atoms with Gasteiger partial charge in [-0.3, -0.25) is 5.10 Å². The normalized spacial score (nSPS) is 10.0. The number of rotatable bonds is 1. The summed E-state index contributed by atoms with van der Waals surface area (Å²) < 4.78 is 13.3. The number of hydrogen-bond donors (Lipinski definition) is 3. The minimum Gasteiger partial charge on any atom is -0.504 e. The van der Waals surface area contributed by atoms with Crippen LogP contribution in [0, 0.1) is 17.1 Å². The van der Waals surface area contributed by atoms with Crippen LogP contribution in [0.2, 0.25) is 0 Å². The Bertz CT molecular complexity index is 585. The van der Waals surface area contributed by atoms with E-state index in [-0.39, 0.29) is 11.4 Å². The smallest absolute Gasteiger partial charge is 0.169 e. The zero-order valence-corrected chi connectivity index (χ0v) is 8.03. The van der Waals surface area contributed by atoms with Crippen LogP contribution in [0.1, 0.15) is 5.56 Å². The number of anilines is 1. The fourth-order valence-corrected chi connectivity index (χ4v) is 1.32. The van der Waals surface area contributed by atoms with E-state index in [2.05, 4.69) is 10.2 Å². The largest absolute Gasteiger partial charge is 0.504 e. The number of nitriles is 1.